The highest BCUT2D eigenvalue weighted by atomic mass is 32.1. The van der Waals surface area contributed by atoms with E-state index in [1.54, 1.807) is 23.7 Å². The van der Waals surface area contributed by atoms with Gasteiger partial charge in [-0.2, -0.15) is 5.10 Å². The third-order valence-electron chi connectivity index (χ3n) is 5.68. The highest BCUT2D eigenvalue weighted by molar-refractivity contribution is 7.09. The number of nitrogens with zero attached hydrogens (tertiary/aromatic N) is 3. The average Bonchev–Trinajstić information content (AvgIpc) is 3.53. The molecule has 0 spiro atoms. The van der Waals surface area contributed by atoms with E-state index >= 15 is 0 Å². The molecule has 158 valence electrons. The van der Waals surface area contributed by atoms with Crippen LogP contribution in [0.15, 0.2) is 60.2 Å². The predicted molar refractivity (Wildman–Crippen MR) is 120 cm³/mol. The van der Waals surface area contributed by atoms with Gasteiger partial charge in [-0.25, -0.2) is 0 Å². The van der Waals surface area contributed by atoms with E-state index in [4.69, 9.17) is 0 Å². The van der Waals surface area contributed by atoms with Gasteiger partial charge in [0.1, 0.15) is 0 Å². The number of H-pyrrole nitrogens is 1. The second-order valence-corrected chi connectivity index (χ2v) is 8.77. The van der Waals surface area contributed by atoms with Crippen LogP contribution in [0.5, 0.6) is 0 Å². The van der Waals surface area contributed by atoms with Crippen molar-refractivity contribution in [3.63, 3.8) is 0 Å². The van der Waals surface area contributed by atoms with E-state index in [2.05, 4.69) is 21.5 Å². The topological polar surface area (TPSA) is 83.0 Å². The molecule has 4 heterocycles. The second-order valence-electron chi connectivity index (χ2n) is 7.74. The van der Waals surface area contributed by atoms with E-state index in [1.165, 1.54) is 4.88 Å². The molecule has 1 unspecified atom stereocenters. The molecule has 31 heavy (non-hydrogen) atoms. The molecule has 0 radical (unpaired) electrons. The number of fused-ring (bicyclic) bond motifs is 2. The Hall–Kier alpha value is -3.39. The van der Waals surface area contributed by atoms with E-state index in [-0.39, 0.29) is 24.3 Å². The summed E-state index contributed by atoms with van der Waals surface area (Å²) in [5.41, 5.74) is 2.54. The number of hydrogen-bond donors (Lipinski definition) is 2. The normalized spacial score (nSPS) is 15.7. The molecule has 3 aromatic heterocycles. The molecule has 1 aliphatic heterocycles. The average molecular weight is 434 g/mol. The Labute approximate surface area is 183 Å². The van der Waals surface area contributed by atoms with Crippen LogP contribution in [0.1, 0.15) is 33.4 Å². The molecule has 7 nitrogen and oxygen atoms in total. The van der Waals surface area contributed by atoms with Gasteiger partial charge in [-0.3, -0.25) is 14.3 Å². The first-order valence-electron chi connectivity index (χ1n) is 10.4. The Morgan fingerprint density at radius 1 is 1.19 bits per heavy atom. The Balaban J connectivity index is 1.28. The molecule has 0 bridgehead atoms. The third-order valence-corrected chi connectivity index (χ3v) is 6.62. The highest BCUT2D eigenvalue weighted by Crippen LogP contribution is 2.26. The maximum absolute atomic E-state index is 13.3. The first-order valence-corrected chi connectivity index (χ1v) is 11.2. The zero-order valence-electron chi connectivity index (χ0n) is 17.0. The lowest BCUT2D eigenvalue weighted by Crippen LogP contribution is -2.43. The Bertz CT molecular complexity index is 1210. The summed E-state index contributed by atoms with van der Waals surface area (Å²) in [6, 6.07) is 13.6. The lowest BCUT2D eigenvalue weighted by atomic mass is 10.1. The van der Waals surface area contributed by atoms with Crippen LogP contribution in [0, 0.1) is 0 Å². The van der Waals surface area contributed by atoms with Crippen LogP contribution in [0.4, 0.5) is 0 Å². The van der Waals surface area contributed by atoms with Crippen LogP contribution in [0.25, 0.3) is 10.9 Å². The van der Waals surface area contributed by atoms with E-state index in [1.807, 2.05) is 51.4 Å². The van der Waals surface area contributed by atoms with Gasteiger partial charge in [0, 0.05) is 41.3 Å². The lowest BCUT2D eigenvalue weighted by Gasteiger charge is -2.33. The van der Waals surface area contributed by atoms with Gasteiger partial charge >= 0.3 is 0 Å². The van der Waals surface area contributed by atoms with Crippen LogP contribution < -0.4 is 5.32 Å². The quantitative estimate of drug-likeness (QED) is 0.489. The number of hydrogen-bond acceptors (Lipinski definition) is 4. The predicted octanol–water partition coefficient (Wildman–Crippen LogP) is 3.37. The zero-order valence-corrected chi connectivity index (χ0v) is 17.8. The number of benzene rings is 1. The first kappa shape index (κ1) is 19.6. The number of aromatic nitrogens is 3. The van der Waals surface area contributed by atoms with Gasteiger partial charge in [0.25, 0.3) is 5.91 Å². The summed E-state index contributed by atoms with van der Waals surface area (Å²) in [6.45, 7) is 1.54. The van der Waals surface area contributed by atoms with Crippen molar-refractivity contribution >= 4 is 34.1 Å². The number of para-hydroxylation sites is 1. The minimum absolute atomic E-state index is 0.0237. The van der Waals surface area contributed by atoms with E-state index in [9.17, 15) is 9.59 Å². The van der Waals surface area contributed by atoms with Crippen LogP contribution in [0.3, 0.4) is 0 Å². The zero-order chi connectivity index (χ0) is 21.2. The molecule has 1 aliphatic rings. The Morgan fingerprint density at radius 3 is 2.97 bits per heavy atom. The summed E-state index contributed by atoms with van der Waals surface area (Å²) >= 11 is 1.69. The van der Waals surface area contributed by atoms with Gasteiger partial charge in [0.2, 0.25) is 5.91 Å². The molecule has 5 rings (SSSR count). The first-order chi connectivity index (χ1) is 15.2. The molecular weight excluding hydrogens is 410 g/mol. The highest BCUT2D eigenvalue weighted by Gasteiger charge is 2.31. The molecule has 0 saturated carbocycles. The molecule has 0 saturated heterocycles. The second kappa shape index (κ2) is 8.39. The monoisotopic (exact) mass is 433 g/mol. The molecular formula is C23H23N5O2S. The van der Waals surface area contributed by atoms with E-state index in [0.717, 1.165) is 23.0 Å². The number of amides is 2. The summed E-state index contributed by atoms with van der Waals surface area (Å²) in [5.74, 6) is -0.0580. The van der Waals surface area contributed by atoms with Crippen LogP contribution in [-0.4, -0.2) is 44.6 Å². The lowest BCUT2D eigenvalue weighted by molar-refractivity contribution is -0.122. The SMILES string of the molecule is O=C(CC1CN(C(=O)c2c[nH]c3ccccc23)Cc2ccnn21)NCCc1cccs1. The van der Waals surface area contributed by atoms with Crippen molar-refractivity contribution in [2.24, 2.45) is 0 Å². The number of carbonyl (C=O) groups is 2. The molecule has 1 aromatic carbocycles. The Kier molecular flexibility index (Phi) is 5.30. The molecule has 8 heteroatoms. The van der Waals surface area contributed by atoms with Crippen molar-refractivity contribution in [2.75, 3.05) is 13.1 Å². The summed E-state index contributed by atoms with van der Waals surface area (Å²) < 4.78 is 1.89. The Morgan fingerprint density at radius 2 is 2.10 bits per heavy atom. The van der Waals surface area contributed by atoms with Crippen LogP contribution >= 0.6 is 11.3 Å². The van der Waals surface area contributed by atoms with E-state index in [0.29, 0.717) is 25.2 Å². The molecule has 4 aromatic rings. The maximum Gasteiger partial charge on any atom is 0.256 e. The fourth-order valence-corrected chi connectivity index (χ4v) is 4.89. The van der Waals surface area contributed by atoms with Crippen molar-refractivity contribution in [3.05, 3.63) is 76.4 Å². The number of rotatable bonds is 6. The third kappa shape index (κ3) is 3.98. The van der Waals surface area contributed by atoms with Crippen molar-refractivity contribution in [3.8, 4) is 0 Å². The van der Waals surface area contributed by atoms with Gasteiger partial charge < -0.3 is 15.2 Å². The summed E-state index contributed by atoms with van der Waals surface area (Å²) in [4.78, 5) is 32.2. The minimum Gasteiger partial charge on any atom is -0.360 e. The molecule has 1 atom stereocenters. The number of carbonyl (C=O) groups excluding carboxylic acids is 2. The van der Waals surface area contributed by atoms with Crippen molar-refractivity contribution < 1.29 is 9.59 Å². The van der Waals surface area contributed by atoms with Crippen LogP contribution in [-0.2, 0) is 17.8 Å². The van der Waals surface area contributed by atoms with Crippen molar-refractivity contribution in [2.45, 2.75) is 25.4 Å². The van der Waals surface area contributed by atoms with Gasteiger partial charge in [-0.05, 0) is 30.0 Å². The molecule has 2 amide bonds. The molecule has 0 fully saturated rings. The summed E-state index contributed by atoms with van der Waals surface area (Å²) in [7, 11) is 0. The fourth-order valence-electron chi connectivity index (χ4n) is 4.18. The molecule has 0 aliphatic carbocycles. The summed E-state index contributed by atoms with van der Waals surface area (Å²) in [5, 5.41) is 10.4. The van der Waals surface area contributed by atoms with Crippen molar-refractivity contribution in [1.29, 1.82) is 0 Å². The number of nitrogens with one attached hydrogen (secondary N) is 2. The molecule has 2 N–H and O–H groups in total. The number of thiophene rings is 1. The minimum atomic E-state index is -0.186. The standard InChI is InChI=1S/C23H23N5O2S/c29-22(24-9-8-18-4-3-11-31-18)12-17-15-27(14-16-7-10-26-28(16)17)23(30)20-13-25-21-6-2-1-5-19(20)21/h1-7,10-11,13,17,25H,8-9,12,14-15H2,(H,24,29). The summed E-state index contributed by atoms with van der Waals surface area (Å²) in [6.07, 6.45) is 4.62. The largest absolute Gasteiger partial charge is 0.360 e. The smallest absolute Gasteiger partial charge is 0.256 e. The number of aromatic amines is 1. The van der Waals surface area contributed by atoms with Gasteiger partial charge in [0.15, 0.2) is 0 Å². The maximum atomic E-state index is 13.3. The fraction of sp³-hybridized carbons (Fsp3) is 0.261. The van der Waals surface area contributed by atoms with Gasteiger partial charge in [0.05, 0.1) is 30.3 Å². The van der Waals surface area contributed by atoms with Gasteiger partial charge in [-0.1, -0.05) is 24.3 Å². The van der Waals surface area contributed by atoms with Crippen LogP contribution in [0.2, 0.25) is 0 Å². The van der Waals surface area contributed by atoms with Crippen molar-refractivity contribution in [1.82, 2.24) is 25.0 Å². The van der Waals surface area contributed by atoms with E-state index < -0.39 is 0 Å². The van der Waals surface area contributed by atoms with Gasteiger partial charge in [-0.15, -0.1) is 11.3 Å².